The van der Waals surface area contributed by atoms with Crippen molar-refractivity contribution in [3.05, 3.63) is 11.8 Å². The van der Waals surface area contributed by atoms with Crippen LogP contribution in [-0.2, 0) is 11.8 Å². The molecule has 6 heteroatoms. The summed E-state index contributed by atoms with van der Waals surface area (Å²) in [5, 5.41) is 15.4. The minimum absolute atomic E-state index is 0.0327. The number of anilines is 1. The number of hydrogen-bond acceptors (Lipinski definition) is 3. The van der Waals surface area contributed by atoms with Gasteiger partial charge in [-0.2, -0.15) is 5.10 Å². The highest BCUT2D eigenvalue weighted by molar-refractivity contribution is 5.93. The van der Waals surface area contributed by atoms with Crippen LogP contribution in [0, 0.1) is 5.92 Å². The lowest BCUT2D eigenvalue weighted by Crippen LogP contribution is -2.25. The van der Waals surface area contributed by atoms with E-state index in [9.17, 15) is 9.59 Å². The van der Waals surface area contributed by atoms with Crippen molar-refractivity contribution in [2.45, 2.75) is 32.1 Å². The van der Waals surface area contributed by atoms with E-state index in [1.54, 1.807) is 7.05 Å². The smallest absolute Gasteiger partial charge is 0.356 e. The van der Waals surface area contributed by atoms with E-state index in [1.807, 2.05) is 0 Å². The molecule has 98 valence electrons. The lowest BCUT2D eigenvalue weighted by Gasteiger charge is -2.20. The summed E-state index contributed by atoms with van der Waals surface area (Å²) in [5.41, 5.74) is -0.0588. The zero-order valence-electron chi connectivity index (χ0n) is 10.3. The number of carboxylic acid groups (broad SMARTS) is 1. The fourth-order valence-electron chi connectivity index (χ4n) is 2.28. The van der Waals surface area contributed by atoms with Crippen molar-refractivity contribution in [1.29, 1.82) is 0 Å². The Balaban J connectivity index is 2.04. The van der Waals surface area contributed by atoms with Crippen LogP contribution >= 0.6 is 0 Å². The maximum atomic E-state index is 12.0. The Morgan fingerprint density at radius 2 is 2.06 bits per heavy atom. The quantitative estimate of drug-likeness (QED) is 0.855. The van der Waals surface area contributed by atoms with Crippen molar-refractivity contribution in [1.82, 2.24) is 9.78 Å². The first-order valence-corrected chi connectivity index (χ1v) is 6.16. The summed E-state index contributed by atoms with van der Waals surface area (Å²) in [6.07, 6.45) is 5.19. The number of aromatic carboxylic acids is 1. The van der Waals surface area contributed by atoms with Crippen molar-refractivity contribution in [2.24, 2.45) is 13.0 Å². The van der Waals surface area contributed by atoms with Gasteiger partial charge in [0, 0.05) is 19.0 Å². The van der Waals surface area contributed by atoms with Crippen LogP contribution in [0.3, 0.4) is 0 Å². The Morgan fingerprint density at radius 1 is 1.39 bits per heavy atom. The number of aromatic nitrogens is 2. The van der Waals surface area contributed by atoms with Crippen LogP contribution in [0.5, 0.6) is 0 Å². The van der Waals surface area contributed by atoms with Crippen LogP contribution in [0.2, 0.25) is 0 Å². The van der Waals surface area contributed by atoms with Gasteiger partial charge < -0.3 is 10.4 Å². The summed E-state index contributed by atoms with van der Waals surface area (Å²) in [4.78, 5) is 22.8. The van der Waals surface area contributed by atoms with Crippen molar-refractivity contribution in [3.8, 4) is 0 Å². The number of amides is 1. The topological polar surface area (TPSA) is 84.2 Å². The van der Waals surface area contributed by atoms with Gasteiger partial charge >= 0.3 is 5.97 Å². The highest BCUT2D eigenvalue weighted by Crippen LogP contribution is 2.25. The Kier molecular flexibility index (Phi) is 3.64. The van der Waals surface area contributed by atoms with Crippen LogP contribution < -0.4 is 5.32 Å². The molecule has 0 spiro atoms. The first-order valence-electron chi connectivity index (χ1n) is 6.16. The van der Waals surface area contributed by atoms with Gasteiger partial charge in [-0.1, -0.05) is 19.3 Å². The van der Waals surface area contributed by atoms with E-state index < -0.39 is 5.97 Å². The molecule has 0 aliphatic heterocycles. The molecular weight excluding hydrogens is 234 g/mol. The van der Waals surface area contributed by atoms with Crippen LogP contribution in [-0.4, -0.2) is 26.8 Å². The molecule has 1 saturated carbocycles. The molecule has 1 aromatic rings. The van der Waals surface area contributed by atoms with E-state index >= 15 is 0 Å². The highest BCUT2D eigenvalue weighted by atomic mass is 16.4. The molecule has 0 radical (unpaired) electrons. The molecule has 2 N–H and O–H groups in total. The molecule has 0 unspecified atom stereocenters. The van der Waals surface area contributed by atoms with E-state index in [1.165, 1.54) is 17.2 Å². The largest absolute Gasteiger partial charge is 0.476 e. The van der Waals surface area contributed by atoms with E-state index in [4.69, 9.17) is 5.11 Å². The summed E-state index contributed by atoms with van der Waals surface area (Å²) in [6.45, 7) is 0. The average molecular weight is 251 g/mol. The molecule has 0 bridgehead atoms. The number of carbonyl (C=O) groups is 2. The van der Waals surface area contributed by atoms with E-state index in [0.717, 1.165) is 25.7 Å². The molecule has 1 heterocycles. The number of nitrogens with zero attached hydrogens (tertiary/aromatic N) is 2. The maximum absolute atomic E-state index is 12.0. The molecule has 0 aromatic carbocycles. The normalized spacial score (nSPS) is 16.5. The second-order valence-electron chi connectivity index (χ2n) is 4.67. The van der Waals surface area contributed by atoms with Gasteiger partial charge in [0.05, 0.1) is 0 Å². The van der Waals surface area contributed by atoms with E-state index in [0.29, 0.717) is 5.82 Å². The first-order chi connectivity index (χ1) is 8.58. The molecule has 0 saturated heterocycles. The molecule has 1 amide bonds. The van der Waals surface area contributed by atoms with Gasteiger partial charge in [0.25, 0.3) is 0 Å². The monoisotopic (exact) mass is 251 g/mol. The maximum Gasteiger partial charge on any atom is 0.356 e. The van der Waals surface area contributed by atoms with Crippen molar-refractivity contribution in [3.63, 3.8) is 0 Å². The van der Waals surface area contributed by atoms with E-state index in [2.05, 4.69) is 10.4 Å². The Bertz CT molecular complexity index is 461. The Labute approximate surface area is 105 Å². The molecule has 1 aromatic heterocycles. The first kappa shape index (κ1) is 12.6. The average Bonchev–Trinajstić information content (AvgIpc) is 2.72. The Morgan fingerprint density at radius 3 is 2.61 bits per heavy atom. The summed E-state index contributed by atoms with van der Waals surface area (Å²) in [6, 6.07) is 1.38. The molecule has 0 atom stereocenters. The number of nitrogens with one attached hydrogen (secondary N) is 1. The molecule has 6 nitrogen and oxygen atoms in total. The lowest BCUT2D eigenvalue weighted by molar-refractivity contribution is -0.120. The fraction of sp³-hybridized carbons (Fsp3) is 0.583. The van der Waals surface area contributed by atoms with Gasteiger partial charge in [-0.15, -0.1) is 0 Å². The zero-order valence-corrected chi connectivity index (χ0v) is 10.3. The van der Waals surface area contributed by atoms with Crippen LogP contribution in [0.4, 0.5) is 5.82 Å². The fourth-order valence-corrected chi connectivity index (χ4v) is 2.28. The second-order valence-corrected chi connectivity index (χ2v) is 4.67. The SMILES string of the molecule is Cn1nc(C(=O)O)cc1NC(=O)C1CCCCC1. The summed E-state index contributed by atoms with van der Waals surface area (Å²) >= 11 is 0. The molecular formula is C12H17N3O3. The van der Waals surface area contributed by atoms with Gasteiger partial charge in [-0.25, -0.2) is 4.79 Å². The predicted octanol–water partition coefficient (Wildman–Crippen LogP) is 1.64. The van der Waals surface area contributed by atoms with Crippen LogP contribution in [0.1, 0.15) is 42.6 Å². The summed E-state index contributed by atoms with van der Waals surface area (Å²) in [7, 11) is 1.61. The second kappa shape index (κ2) is 5.20. The minimum Gasteiger partial charge on any atom is -0.476 e. The van der Waals surface area contributed by atoms with E-state index in [-0.39, 0.29) is 17.5 Å². The number of carbonyl (C=O) groups excluding carboxylic acids is 1. The van der Waals surface area contributed by atoms with Crippen molar-refractivity contribution < 1.29 is 14.7 Å². The van der Waals surface area contributed by atoms with Crippen LogP contribution in [0.15, 0.2) is 6.07 Å². The third-order valence-electron chi connectivity index (χ3n) is 3.33. The molecule has 1 aliphatic rings. The number of rotatable bonds is 3. The standard InChI is InChI=1S/C12H17N3O3/c1-15-10(7-9(14-15)12(17)18)13-11(16)8-5-3-2-4-6-8/h7-8H,2-6H2,1H3,(H,13,16)(H,17,18). The van der Waals surface area contributed by atoms with Crippen LogP contribution in [0.25, 0.3) is 0 Å². The van der Waals surface area contributed by atoms with Gasteiger partial charge in [0.1, 0.15) is 5.82 Å². The van der Waals surface area contributed by atoms with Crippen molar-refractivity contribution in [2.75, 3.05) is 5.32 Å². The third-order valence-corrected chi connectivity index (χ3v) is 3.33. The summed E-state index contributed by atoms with van der Waals surface area (Å²) < 4.78 is 1.38. The molecule has 2 rings (SSSR count). The lowest BCUT2D eigenvalue weighted by atomic mass is 9.89. The number of carboxylic acids is 1. The minimum atomic E-state index is -1.09. The molecule has 1 aliphatic carbocycles. The molecule has 18 heavy (non-hydrogen) atoms. The Hall–Kier alpha value is -1.85. The zero-order chi connectivity index (χ0) is 13.1. The number of aryl methyl sites for hydroxylation is 1. The predicted molar refractivity (Wildman–Crippen MR) is 65.4 cm³/mol. The van der Waals surface area contributed by atoms with Gasteiger partial charge in [-0.05, 0) is 12.8 Å². The third kappa shape index (κ3) is 2.69. The van der Waals surface area contributed by atoms with Crippen molar-refractivity contribution >= 4 is 17.7 Å². The number of hydrogen-bond donors (Lipinski definition) is 2. The van der Waals surface area contributed by atoms with Gasteiger partial charge in [-0.3, -0.25) is 9.48 Å². The molecule has 1 fully saturated rings. The summed E-state index contributed by atoms with van der Waals surface area (Å²) in [5.74, 6) is -0.650. The van der Waals surface area contributed by atoms with Gasteiger partial charge in [0.2, 0.25) is 5.91 Å². The van der Waals surface area contributed by atoms with Gasteiger partial charge in [0.15, 0.2) is 5.69 Å². The highest BCUT2D eigenvalue weighted by Gasteiger charge is 2.22.